The van der Waals surface area contributed by atoms with Crippen molar-refractivity contribution in [3.63, 3.8) is 0 Å². The highest BCUT2D eigenvalue weighted by molar-refractivity contribution is 5.89. The Morgan fingerprint density at radius 1 is 0.628 bits per heavy atom. The molecule has 0 bridgehead atoms. The Morgan fingerprint density at radius 2 is 0.977 bits per heavy atom. The lowest BCUT2D eigenvalue weighted by atomic mass is 10.2. The first-order chi connectivity index (χ1) is 20.7. The highest BCUT2D eigenvalue weighted by Gasteiger charge is 2.06. The molecule has 0 spiro atoms. The molecule has 0 atom stereocenters. The number of hydrazone groups is 2. The second-order valence-corrected chi connectivity index (χ2v) is 10.1. The Morgan fingerprint density at radius 3 is 1.30 bits per heavy atom. The van der Waals surface area contributed by atoms with Gasteiger partial charge in [0.1, 0.15) is 0 Å². The number of benzene rings is 2. The van der Waals surface area contributed by atoms with E-state index in [2.05, 4.69) is 54.8 Å². The van der Waals surface area contributed by atoms with Gasteiger partial charge in [-0.3, -0.25) is 19.6 Å². The highest BCUT2D eigenvalue weighted by atomic mass is 16.2. The predicted molar refractivity (Wildman–Crippen MR) is 171 cm³/mol. The minimum Gasteiger partial charge on any atom is -0.326 e. The van der Waals surface area contributed by atoms with E-state index < -0.39 is 0 Å². The summed E-state index contributed by atoms with van der Waals surface area (Å²) < 4.78 is 4.34. The van der Waals surface area contributed by atoms with Gasteiger partial charge in [-0.25, -0.2) is 9.13 Å². The second kappa shape index (κ2) is 15.0. The summed E-state index contributed by atoms with van der Waals surface area (Å²) in [5, 5.41) is 18.2. The molecule has 0 aliphatic carbocycles. The third-order valence-corrected chi connectivity index (χ3v) is 6.55. The van der Waals surface area contributed by atoms with Gasteiger partial charge in [0.2, 0.25) is 11.8 Å². The monoisotopic (exact) mass is 578 g/mol. The number of aryl methyl sites for hydroxylation is 2. The molecule has 0 radical (unpaired) electrons. The van der Waals surface area contributed by atoms with Gasteiger partial charge in [0, 0.05) is 74.7 Å². The lowest BCUT2D eigenvalue weighted by Gasteiger charge is -2.13. The van der Waals surface area contributed by atoms with E-state index in [1.807, 2.05) is 99.3 Å². The number of aromatic nitrogens is 2. The zero-order valence-electron chi connectivity index (χ0n) is 25.0. The van der Waals surface area contributed by atoms with Gasteiger partial charge >= 0.3 is 0 Å². The maximum atomic E-state index is 11.2. The number of carbonyl (C=O) groups is 2. The Balaban J connectivity index is 1.21. The van der Waals surface area contributed by atoms with E-state index in [0.717, 1.165) is 53.4 Å². The number of hydrogen-bond acceptors (Lipinski definition) is 6. The molecule has 10 heteroatoms. The molecule has 0 unspecified atom stereocenters. The Hall–Kier alpha value is -5.38. The fourth-order valence-electron chi connectivity index (χ4n) is 4.21. The quantitative estimate of drug-likeness (QED) is 0.150. The van der Waals surface area contributed by atoms with Crippen LogP contribution in [0.4, 0.5) is 22.7 Å². The molecule has 0 saturated carbocycles. The van der Waals surface area contributed by atoms with Gasteiger partial charge in [-0.2, -0.15) is 10.2 Å². The van der Waals surface area contributed by atoms with Crippen LogP contribution in [0.3, 0.4) is 0 Å². The topological polar surface area (TPSA) is 97.2 Å². The number of carbonyl (C=O) groups excluding carboxylic acids is 2. The minimum absolute atomic E-state index is 0.0927. The first-order valence-electron chi connectivity index (χ1n) is 14.0. The third kappa shape index (κ3) is 9.89. The molecule has 0 fully saturated rings. The maximum Gasteiger partial charge on any atom is 0.221 e. The van der Waals surface area contributed by atoms with Crippen LogP contribution in [0.2, 0.25) is 0 Å². The summed E-state index contributed by atoms with van der Waals surface area (Å²) >= 11 is 0. The fourth-order valence-corrected chi connectivity index (χ4v) is 4.21. The molecule has 0 saturated heterocycles. The molecule has 43 heavy (non-hydrogen) atoms. The van der Waals surface area contributed by atoms with Crippen molar-refractivity contribution in [2.24, 2.45) is 10.2 Å². The first-order valence-corrected chi connectivity index (χ1v) is 14.0. The highest BCUT2D eigenvalue weighted by Crippen LogP contribution is 2.18. The number of anilines is 4. The molecule has 0 aliphatic heterocycles. The van der Waals surface area contributed by atoms with E-state index in [1.54, 1.807) is 10.0 Å². The van der Waals surface area contributed by atoms with Crippen molar-refractivity contribution in [3.05, 3.63) is 109 Å². The number of pyridine rings is 2. The van der Waals surface area contributed by atoms with Crippen molar-refractivity contribution in [1.29, 1.82) is 0 Å². The van der Waals surface area contributed by atoms with Crippen LogP contribution in [-0.4, -0.2) is 38.3 Å². The SMILES string of the molecule is CC(=O)Nc1ccc(N(C)/N=C/c2cc[n+](CCC[n+]3ccc(/C=N/N(C)c4ccc(NC(C)=O)cc4)cc3)cc2)cc1. The van der Waals surface area contributed by atoms with Crippen LogP contribution < -0.4 is 29.8 Å². The molecule has 2 N–H and O–H groups in total. The molecular weight excluding hydrogens is 540 g/mol. The minimum atomic E-state index is -0.0927. The van der Waals surface area contributed by atoms with Crippen LogP contribution in [0.15, 0.2) is 108 Å². The van der Waals surface area contributed by atoms with Crippen molar-refractivity contribution in [3.8, 4) is 0 Å². The third-order valence-electron chi connectivity index (χ3n) is 6.55. The van der Waals surface area contributed by atoms with E-state index in [1.165, 1.54) is 13.8 Å². The Bertz CT molecular complexity index is 1430. The Kier molecular flexibility index (Phi) is 10.7. The van der Waals surface area contributed by atoms with Crippen molar-refractivity contribution >= 4 is 47.0 Å². The smallest absolute Gasteiger partial charge is 0.221 e. The molecule has 2 aromatic carbocycles. The number of nitrogens with one attached hydrogen (secondary N) is 2. The zero-order chi connectivity index (χ0) is 30.6. The number of rotatable bonds is 12. The summed E-state index contributed by atoms with van der Waals surface area (Å²) in [5.74, 6) is -0.185. The number of amides is 2. The molecular formula is C33H38N8O2+2. The zero-order valence-corrected chi connectivity index (χ0v) is 25.0. The lowest BCUT2D eigenvalue weighted by molar-refractivity contribution is -0.726. The summed E-state index contributed by atoms with van der Waals surface area (Å²) in [5.41, 5.74) is 5.39. The average molecular weight is 579 g/mol. The van der Waals surface area contributed by atoms with E-state index in [-0.39, 0.29) is 11.8 Å². The lowest BCUT2D eigenvalue weighted by Crippen LogP contribution is -2.38. The molecule has 2 heterocycles. The summed E-state index contributed by atoms with van der Waals surface area (Å²) in [7, 11) is 3.78. The molecule has 2 aromatic heterocycles. The number of nitrogens with zero attached hydrogens (tertiary/aromatic N) is 6. The second-order valence-electron chi connectivity index (χ2n) is 10.1. The van der Waals surface area contributed by atoms with Crippen molar-refractivity contribution < 1.29 is 18.7 Å². The molecule has 4 aromatic rings. The average Bonchev–Trinajstić information content (AvgIpc) is 3.00. The molecule has 4 rings (SSSR count). The van der Waals surface area contributed by atoms with E-state index in [9.17, 15) is 9.59 Å². The molecule has 0 aliphatic rings. The molecule has 2 amide bonds. The van der Waals surface area contributed by atoms with Crippen molar-refractivity contribution in [2.45, 2.75) is 33.4 Å². The van der Waals surface area contributed by atoms with Gasteiger partial charge in [-0.15, -0.1) is 0 Å². The normalized spacial score (nSPS) is 11.1. The van der Waals surface area contributed by atoms with Crippen LogP contribution >= 0.6 is 0 Å². The van der Waals surface area contributed by atoms with Crippen LogP contribution in [0.1, 0.15) is 31.4 Å². The van der Waals surface area contributed by atoms with Gasteiger partial charge in [-0.1, -0.05) is 0 Å². The van der Waals surface area contributed by atoms with Gasteiger partial charge in [0.25, 0.3) is 0 Å². The van der Waals surface area contributed by atoms with Crippen molar-refractivity contribution in [1.82, 2.24) is 0 Å². The van der Waals surface area contributed by atoms with Gasteiger partial charge in [0.15, 0.2) is 37.9 Å². The summed E-state index contributed by atoms with van der Waals surface area (Å²) in [4.78, 5) is 22.4. The van der Waals surface area contributed by atoms with Crippen molar-refractivity contribution in [2.75, 3.05) is 34.7 Å². The summed E-state index contributed by atoms with van der Waals surface area (Å²) in [6, 6.07) is 23.3. The first kappa shape index (κ1) is 30.6. The van der Waals surface area contributed by atoms with E-state index in [4.69, 9.17) is 0 Å². The molecule has 220 valence electrons. The fraction of sp³-hybridized carbons (Fsp3) is 0.212. The predicted octanol–water partition coefficient (Wildman–Crippen LogP) is 4.21. The van der Waals surface area contributed by atoms with Gasteiger partial charge < -0.3 is 10.6 Å². The standard InChI is InChI=1S/C33H36N8O2/c1-26(42)36-30-6-10-32(11-7-30)38(3)34-24-28-14-20-40(21-15-28)18-5-19-41-22-16-29(17-23-41)25-35-39(4)33-12-8-31(9-13-33)37-27(2)43/h6-17,20-25H,5,18-19H2,1-4H3/p+2. The summed E-state index contributed by atoms with van der Waals surface area (Å²) in [6.45, 7) is 4.79. The Labute approximate surface area is 252 Å². The molecule has 10 nitrogen and oxygen atoms in total. The van der Waals surface area contributed by atoms with Crippen LogP contribution in [-0.2, 0) is 22.7 Å². The van der Waals surface area contributed by atoms with Gasteiger partial charge in [0.05, 0.1) is 30.2 Å². The maximum absolute atomic E-state index is 11.2. The largest absolute Gasteiger partial charge is 0.326 e. The van der Waals surface area contributed by atoms with E-state index in [0.29, 0.717) is 0 Å². The van der Waals surface area contributed by atoms with E-state index >= 15 is 0 Å². The number of hydrogen-bond donors (Lipinski definition) is 2. The van der Waals surface area contributed by atoms with Gasteiger partial charge in [-0.05, 0) is 48.5 Å². The van der Waals surface area contributed by atoms with Crippen LogP contribution in [0.5, 0.6) is 0 Å². The summed E-state index contributed by atoms with van der Waals surface area (Å²) in [6.07, 6.45) is 12.9. The van der Waals surface area contributed by atoms with Crippen LogP contribution in [0.25, 0.3) is 0 Å². The van der Waals surface area contributed by atoms with Crippen LogP contribution in [0, 0.1) is 0 Å².